The molecule has 1 rings (SSSR count). The number of ether oxygens (including phenoxy) is 1. The molecular weight excluding hydrogens is 764 g/mol. The Balaban J connectivity index is 3.37. The normalized spacial score (nSPS) is 12.2. The first-order valence-corrected chi connectivity index (χ1v) is 11.6. The van der Waals surface area contributed by atoms with Crippen LogP contribution >= 0.6 is 79.4 Å². The second-order valence-electron chi connectivity index (χ2n) is 5.97. The van der Waals surface area contributed by atoms with Gasteiger partial charge in [-0.15, -0.1) is 0 Å². The van der Waals surface area contributed by atoms with Crippen molar-refractivity contribution in [2.24, 2.45) is 5.92 Å². The quantitative estimate of drug-likeness (QED) is 0.115. The lowest BCUT2D eigenvalue weighted by Crippen LogP contribution is -2.43. The summed E-state index contributed by atoms with van der Waals surface area (Å²) in [4.78, 5) is 47.7. The van der Waals surface area contributed by atoms with Crippen molar-refractivity contribution in [1.29, 1.82) is 0 Å². The SMILES string of the molecule is CC(=O)OCC(=O)Nc1c(I)c(C(=O)Cl)c(I)c(C(=O)NCC(C)C(O)(O)O)c1I. The van der Waals surface area contributed by atoms with Gasteiger partial charge in [-0.1, -0.05) is 6.92 Å². The Hall–Kier alpha value is -0.340. The molecule has 0 saturated carbocycles. The van der Waals surface area contributed by atoms with Crippen LogP contribution in [0.15, 0.2) is 0 Å². The summed E-state index contributed by atoms with van der Waals surface area (Å²) < 4.78 is 5.40. The highest BCUT2D eigenvalue weighted by Crippen LogP contribution is 2.36. The Morgan fingerprint density at radius 3 is 2.07 bits per heavy atom. The molecule has 14 heteroatoms. The fourth-order valence-electron chi connectivity index (χ4n) is 1.96. The molecule has 1 atom stereocenters. The molecule has 5 N–H and O–H groups in total. The van der Waals surface area contributed by atoms with E-state index >= 15 is 0 Å². The number of hydrogen-bond donors (Lipinski definition) is 5. The number of halogens is 4. The number of amides is 2. The molecule has 2 amide bonds. The maximum atomic E-state index is 12.8. The van der Waals surface area contributed by atoms with Gasteiger partial charge in [-0.2, -0.15) is 0 Å². The monoisotopic (exact) mass is 780 g/mol. The number of aliphatic hydroxyl groups is 3. The number of esters is 1. The first kappa shape index (κ1) is 27.7. The number of nitrogens with one attached hydrogen (secondary N) is 2. The van der Waals surface area contributed by atoms with E-state index in [1.54, 1.807) is 67.8 Å². The molecule has 0 heterocycles. The van der Waals surface area contributed by atoms with Crippen molar-refractivity contribution in [3.8, 4) is 0 Å². The lowest BCUT2D eigenvalue weighted by Gasteiger charge is -2.23. The predicted octanol–water partition coefficient (Wildman–Crippen LogP) is 1.38. The summed E-state index contributed by atoms with van der Waals surface area (Å²) in [5.74, 6) is -6.17. The number of anilines is 1. The highest BCUT2D eigenvalue weighted by Gasteiger charge is 2.31. The smallest absolute Gasteiger partial charge is 0.303 e. The minimum atomic E-state index is -2.99. The van der Waals surface area contributed by atoms with E-state index in [2.05, 4.69) is 15.4 Å². The topological polar surface area (TPSA) is 162 Å². The summed E-state index contributed by atoms with van der Waals surface area (Å²) in [6, 6.07) is 0. The summed E-state index contributed by atoms with van der Waals surface area (Å²) in [7, 11) is 0. The van der Waals surface area contributed by atoms with Gasteiger partial charge in [0.25, 0.3) is 23.0 Å². The van der Waals surface area contributed by atoms with Gasteiger partial charge in [0.05, 0.1) is 29.9 Å². The molecule has 166 valence electrons. The third-order valence-corrected chi connectivity index (χ3v) is 7.07. The molecule has 1 aromatic carbocycles. The van der Waals surface area contributed by atoms with Crippen molar-refractivity contribution in [2.45, 2.75) is 19.8 Å². The molecule has 1 aromatic rings. The van der Waals surface area contributed by atoms with Crippen LogP contribution < -0.4 is 10.6 Å². The van der Waals surface area contributed by atoms with Gasteiger partial charge >= 0.3 is 5.97 Å². The molecule has 0 radical (unpaired) electrons. The predicted molar refractivity (Wildman–Crippen MR) is 131 cm³/mol. The molecule has 0 aliphatic rings. The zero-order chi connectivity index (χ0) is 23.4. The molecule has 0 spiro atoms. The number of carbonyl (C=O) groups is 4. The summed E-state index contributed by atoms with van der Waals surface area (Å²) in [6.07, 6.45) is 0. The molecule has 0 saturated heterocycles. The molecular formula is C16H16ClI3N2O8. The zero-order valence-corrected chi connectivity index (χ0v) is 22.6. The van der Waals surface area contributed by atoms with Crippen molar-refractivity contribution in [1.82, 2.24) is 5.32 Å². The minimum Gasteiger partial charge on any atom is -0.456 e. The Kier molecular flexibility index (Phi) is 10.6. The first-order chi connectivity index (χ1) is 13.7. The Morgan fingerprint density at radius 2 is 1.60 bits per heavy atom. The van der Waals surface area contributed by atoms with E-state index in [0.29, 0.717) is 0 Å². The third-order valence-electron chi connectivity index (χ3n) is 3.64. The average molecular weight is 780 g/mol. The minimum absolute atomic E-state index is 0.00928. The van der Waals surface area contributed by atoms with Crippen molar-refractivity contribution in [3.05, 3.63) is 21.8 Å². The summed E-state index contributed by atoms with van der Waals surface area (Å²) >= 11 is 11.0. The molecule has 0 bridgehead atoms. The molecule has 0 aliphatic carbocycles. The fraction of sp³-hybridized carbons (Fsp3) is 0.375. The lowest BCUT2D eigenvalue weighted by atomic mass is 10.1. The standard InChI is InChI=1S/C16H16ClI3N2O8/c1-5(16(27,28)29)3-21-15(26)9-10(18)8(14(17)25)11(19)13(12(9)20)22-7(24)4-30-6(2)23/h5,27-29H,3-4H2,1-2H3,(H,21,26)(H,22,24). The maximum absolute atomic E-state index is 12.8. The van der Waals surface area contributed by atoms with Gasteiger partial charge in [0.2, 0.25) is 0 Å². The van der Waals surface area contributed by atoms with Crippen LogP contribution in [0.2, 0.25) is 0 Å². The van der Waals surface area contributed by atoms with Crippen LogP contribution in [0.4, 0.5) is 5.69 Å². The van der Waals surface area contributed by atoms with Gasteiger partial charge < -0.3 is 30.7 Å². The molecule has 1 unspecified atom stereocenters. The van der Waals surface area contributed by atoms with Crippen LogP contribution in [0.1, 0.15) is 34.6 Å². The largest absolute Gasteiger partial charge is 0.456 e. The van der Waals surface area contributed by atoms with Crippen LogP contribution in [0.25, 0.3) is 0 Å². The van der Waals surface area contributed by atoms with Crippen molar-refractivity contribution >= 4 is 108 Å². The highest BCUT2D eigenvalue weighted by molar-refractivity contribution is 14.1. The second kappa shape index (κ2) is 11.5. The van der Waals surface area contributed by atoms with E-state index in [9.17, 15) is 34.5 Å². The van der Waals surface area contributed by atoms with E-state index in [-0.39, 0.29) is 34.1 Å². The maximum Gasteiger partial charge on any atom is 0.303 e. The first-order valence-electron chi connectivity index (χ1n) is 7.97. The van der Waals surface area contributed by atoms with E-state index in [1.807, 2.05) is 0 Å². The molecule has 0 aliphatic heterocycles. The molecule has 10 nitrogen and oxygen atoms in total. The fourth-order valence-corrected chi connectivity index (χ4v) is 6.88. The Bertz CT molecular complexity index is 888. The molecule has 30 heavy (non-hydrogen) atoms. The van der Waals surface area contributed by atoms with Crippen LogP contribution in [-0.4, -0.2) is 57.5 Å². The van der Waals surface area contributed by atoms with E-state index in [4.69, 9.17) is 11.6 Å². The van der Waals surface area contributed by atoms with Crippen LogP contribution in [-0.2, 0) is 14.3 Å². The number of carbonyl (C=O) groups excluding carboxylic acids is 4. The van der Waals surface area contributed by atoms with Gasteiger partial charge in [0.15, 0.2) is 6.61 Å². The number of hydrogen-bond acceptors (Lipinski definition) is 8. The van der Waals surface area contributed by atoms with Gasteiger partial charge in [-0.25, -0.2) is 0 Å². The van der Waals surface area contributed by atoms with Crippen LogP contribution in [0.3, 0.4) is 0 Å². The second-order valence-corrected chi connectivity index (χ2v) is 9.55. The average Bonchev–Trinajstić information content (AvgIpc) is 2.60. The summed E-state index contributed by atoms with van der Waals surface area (Å²) in [5.41, 5.74) is 0.117. The molecule has 0 aromatic heterocycles. The third kappa shape index (κ3) is 7.37. The number of benzene rings is 1. The Labute approximate surface area is 216 Å². The van der Waals surface area contributed by atoms with Crippen molar-refractivity contribution < 1.29 is 39.2 Å². The van der Waals surface area contributed by atoms with Gasteiger partial charge in [0, 0.05) is 17.0 Å². The van der Waals surface area contributed by atoms with Crippen LogP contribution in [0, 0.1) is 16.6 Å². The van der Waals surface area contributed by atoms with Crippen molar-refractivity contribution in [2.75, 3.05) is 18.5 Å². The Morgan fingerprint density at radius 1 is 1.07 bits per heavy atom. The van der Waals surface area contributed by atoms with Crippen LogP contribution in [0.5, 0.6) is 0 Å². The summed E-state index contributed by atoms with van der Waals surface area (Å²) in [5, 5.41) is 31.6. The van der Waals surface area contributed by atoms with Crippen molar-refractivity contribution in [3.63, 3.8) is 0 Å². The van der Waals surface area contributed by atoms with E-state index in [1.165, 1.54) is 6.92 Å². The molecule has 0 fully saturated rings. The van der Waals surface area contributed by atoms with Gasteiger partial charge in [0.1, 0.15) is 0 Å². The van der Waals surface area contributed by atoms with E-state index in [0.717, 1.165) is 6.92 Å². The summed E-state index contributed by atoms with van der Waals surface area (Å²) in [6.45, 7) is 1.55. The zero-order valence-electron chi connectivity index (χ0n) is 15.4. The van der Waals surface area contributed by atoms with Gasteiger partial charge in [-0.05, 0) is 79.4 Å². The van der Waals surface area contributed by atoms with Gasteiger partial charge in [-0.3, -0.25) is 19.2 Å². The lowest BCUT2D eigenvalue weighted by molar-refractivity contribution is -0.337. The number of rotatable bonds is 8. The highest BCUT2D eigenvalue weighted by atomic mass is 127. The van der Waals surface area contributed by atoms with E-state index < -0.39 is 41.5 Å².